The third kappa shape index (κ3) is 7.52. The minimum atomic E-state index is -0.550. The molecule has 1 saturated heterocycles. The summed E-state index contributed by atoms with van der Waals surface area (Å²) in [4.78, 5) is 43.5. The van der Waals surface area contributed by atoms with E-state index in [0.29, 0.717) is 30.9 Å². The molecule has 2 aromatic rings. The van der Waals surface area contributed by atoms with Gasteiger partial charge in [-0.25, -0.2) is 4.39 Å². The predicted molar refractivity (Wildman–Crippen MR) is 133 cm³/mol. The molecule has 1 heterocycles. The Kier molecular flexibility index (Phi) is 9.81. The summed E-state index contributed by atoms with van der Waals surface area (Å²) >= 11 is 0. The topological polar surface area (TPSA) is 79.4 Å². The maximum Gasteiger partial charge on any atom is 0.248 e. The van der Waals surface area contributed by atoms with E-state index in [1.165, 1.54) is 17.0 Å². The molecule has 8 nitrogen and oxygen atoms in total. The number of carbonyl (C=O) groups excluding carboxylic acids is 3. The molecule has 9 heteroatoms. The Balaban J connectivity index is 1.75. The van der Waals surface area contributed by atoms with Crippen molar-refractivity contribution >= 4 is 17.7 Å². The number of halogens is 1. The quantitative estimate of drug-likeness (QED) is 0.502. The molecule has 3 rings (SSSR count). The van der Waals surface area contributed by atoms with Crippen molar-refractivity contribution in [3.63, 3.8) is 0 Å². The molecular weight excluding hydrogens is 465 g/mol. The largest absolute Gasteiger partial charge is 0.497 e. The van der Waals surface area contributed by atoms with Crippen LogP contribution < -0.4 is 4.74 Å². The van der Waals surface area contributed by atoms with Crippen molar-refractivity contribution in [2.45, 2.75) is 32.9 Å². The Hall–Kier alpha value is -3.46. The van der Waals surface area contributed by atoms with Gasteiger partial charge in [-0.15, -0.1) is 0 Å². The lowest BCUT2D eigenvalue weighted by atomic mass is 10.1. The Bertz CT molecular complexity index is 1040. The van der Waals surface area contributed by atoms with Crippen molar-refractivity contribution in [3.05, 3.63) is 65.5 Å². The molecule has 0 radical (unpaired) electrons. The summed E-state index contributed by atoms with van der Waals surface area (Å²) in [6, 6.07) is 13.3. The van der Waals surface area contributed by atoms with Gasteiger partial charge in [-0.2, -0.15) is 0 Å². The average Bonchev–Trinajstić information content (AvgIpc) is 3.02. The van der Waals surface area contributed by atoms with E-state index in [4.69, 9.17) is 9.47 Å². The number of benzene rings is 2. The molecule has 0 bridgehead atoms. The lowest BCUT2D eigenvalue weighted by molar-refractivity contribution is -0.139. The monoisotopic (exact) mass is 499 g/mol. The second kappa shape index (κ2) is 13.0. The number of ether oxygens (including phenoxy) is 2. The normalized spacial score (nSPS) is 16.0. The Morgan fingerprint density at radius 3 is 2.42 bits per heavy atom. The van der Waals surface area contributed by atoms with Gasteiger partial charge in [0.2, 0.25) is 17.7 Å². The summed E-state index contributed by atoms with van der Waals surface area (Å²) < 4.78 is 24.8. The molecule has 2 aromatic carbocycles. The van der Waals surface area contributed by atoms with E-state index >= 15 is 0 Å². The first-order valence-corrected chi connectivity index (χ1v) is 12.1. The fourth-order valence-corrected chi connectivity index (χ4v) is 4.17. The lowest BCUT2D eigenvalue weighted by Gasteiger charge is -2.26. The number of methoxy groups -OCH3 is 1. The van der Waals surface area contributed by atoms with Crippen LogP contribution in [0.1, 0.15) is 25.0 Å². The number of nitrogens with zero attached hydrogens (tertiary/aromatic N) is 3. The second-order valence-electron chi connectivity index (χ2n) is 8.70. The summed E-state index contributed by atoms with van der Waals surface area (Å²) in [7, 11) is 1.59. The molecule has 1 unspecified atom stereocenters. The summed E-state index contributed by atoms with van der Waals surface area (Å²) in [5.74, 6) is -0.376. The average molecular weight is 500 g/mol. The molecule has 3 amide bonds. The number of hydrogen-bond acceptors (Lipinski definition) is 5. The highest BCUT2D eigenvalue weighted by Crippen LogP contribution is 2.17. The van der Waals surface area contributed by atoms with Crippen LogP contribution in [-0.4, -0.2) is 85.0 Å². The van der Waals surface area contributed by atoms with E-state index < -0.39 is 11.9 Å². The highest BCUT2D eigenvalue weighted by molar-refractivity contribution is 5.86. The van der Waals surface area contributed by atoms with Gasteiger partial charge in [-0.3, -0.25) is 14.4 Å². The molecule has 1 aliphatic heterocycles. The van der Waals surface area contributed by atoms with E-state index in [2.05, 4.69) is 0 Å². The standard InChI is InChI=1S/C27H34FN3O5/c1-4-29(5-2)27(34)19-36-24-16-30(15-20-9-11-23(35-3)12-10-20)26(33)18-31(17-24)25(32)14-21-7-6-8-22(28)13-21/h6-13,24H,4-5,14-19H2,1-3H3. The zero-order valence-corrected chi connectivity index (χ0v) is 21.1. The predicted octanol–water partition coefficient (Wildman–Crippen LogP) is 2.50. The molecule has 1 aliphatic rings. The van der Waals surface area contributed by atoms with Crippen molar-refractivity contribution in [1.29, 1.82) is 0 Å². The molecule has 194 valence electrons. The summed E-state index contributed by atoms with van der Waals surface area (Å²) in [6.07, 6.45) is -0.583. The highest BCUT2D eigenvalue weighted by Gasteiger charge is 2.31. The fraction of sp³-hybridized carbons (Fsp3) is 0.444. The number of likely N-dealkylation sites (N-methyl/N-ethyl adjacent to an activating group) is 1. The van der Waals surface area contributed by atoms with Crippen molar-refractivity contribution in [3.8, 4) is 5.75 Å². The van der Waals surface area contributed by atoms with Crippen LogP contribution in [0.2, 0.25) is 0 Å². The third-order valence-electron chi connectivity index (χ3n) is 6.22. The zero-order chi connectivity index (χ0) is 26.1. The molecule has 0 aromatic heterocycles. The van der Waals surface area contributed by atoms with E-state index in [0.717, 1.165) is 5.56 Å². The smallest absolute Gasteiger partial charge is 0.248 e. The molecule has 1 fully saturated rings. The number of carbonyl (C=O) groups is 3. The Labute approximate surface area is 211 Å². The summed E-state index contributed by atoms with van der Waals surface area (Å²) in [5, 5.41) is 0. The maximum atomic E-state index is 13.6. The maximum absolute atomic E-state index is 13.6. The van der Waals surface area contributed by atoms with E-state index in [9.17, 15) is 18.8 Å². The molecular formula is C27H34FN3O5. The van der Waals surface area contributed by atoms with Crippen LogP contribution in [0.15, 0.2) is 48.5 Å². The van der Waals surface area contributed by atoms with Crippen molar-refractivity contribution in [1.82, 2.24) is 14.7 Å². The molecule has 0 spiro atoms. The zero-order valence-electron chi connectivity index (χ0n) is 21.1. The van der Waals surface area contributed by atoms with Crippen molar-refractivity contribution in [2.75, 3.05) is 46.4 Å². The fourth-order valence-electron chi connectivity index (χ4n) is 4.17. The molecule has 1 atom stereocenters. The Morgan fingerprint density at radius 1 is 1.06 bits per heavy atom. The third-order valence-corrected chi connectivity index (χ3v) is 6.22. The van der Waals surface area contributed by atoms with Crippen LogP contribution in [0.3, 0.4) is 0 Å². The van der Waals surface area contributed by atoms with Crippen LogP contribution >= 0.6 is 0 Å². The van der Waals surface area contributed by atoms with E-state index in [1.807, 2.05) is 38.1 Å². The van der Waals surface area contributed by atoms with Crippen LogP contribution in [0.4, 0.5) is 4.39 Å². The minimum Gasteiger partial charge on any atom is -0.497 e. The van der Waals surface area contributed by atoms with Gasteiger partial charge in [0.25, 0.3) is 0 Å². The van der Waals surface area contributed by atoms with Crippen LogP contribution in [-0.2, 0) is 32.1 Å². The summed E-state index contributed by atoms with van der Waals surface area (Å²) in [6.45, 7) is 5.41. The molecule has 36 heavy (non-hydrogen) atoms. The van der Waals surface area contributed by atoms with E-state index in [-0.39, 0.29) is 50.4 Å². The molecule has 0 N–H and O–H groups in total. The van der Waals surface area contributed by atoms with Gasteiger partial charge < -0.3 is 24.2 Å². The first-order valence-electron chi connectivity index (χ1n) is 12.1. The number of amides is 3. The van der Waals surface area contributed by atoms with Crippen LogP contribution in [0.5, 0.6) is 5.75 Å². The summed E-state index contributed by atoms with van der Waals surface area (Å²) in [5.41, 5.74) is 1.43. The van der Waals surface area contributed by atoms with Crippen LogP contribution in [0, 0.1) is 5.82 Å². The Morgan fingerprint density at radius 2 is 1.78 bits per heavy atom. The van der Waals surface area contributed by atoms with Gasteiger partial charge in [-0.05, 0) is 49.2 Å². The minimum absolute atomic E-state index is 0.0331. The highest BCUT2D eigenvalue weighted by atomic mass is 19.1. The molecule has 0 saturated carbocycles. The molecule has 0 aliphatic carbocycles. The van der Waals surface area contributed by atoms with Gasteiger partial charge in [0.05, 0.1) is 26.2 Å². The van der Waals surface area contributed by atoms with Gasteiger partial charge in [0, 0.05) is 32.7 Å². The van der Waals surface area contributed by atoms with Crippen molar-refractivity contribution < 1.29 is 28.2 Å². The van der Waals surface area contributed by atoms with Gasteiger partial charge in [-0.1, -0.05) is 24.3 Å². The van der Waals surface area contributed by atoms with E-state index in [1.54, 1.807) is 29.0 Å². The first kappa shape index (κ1) is 27.1. The van der Waals surface area contributed by atoms with Crippen LogP contribution in [0.25, 0.3) is 0 Å². The number of rotatable bonds is 10. The van der Waals surface area contributed by atoms with Gasteiger partial charge in [0.1, 0.15) is 18.2 Å². The lowest BCUT2D eigenvalue weighted by Crippen LogP contribution is -2.42. The second-order valence-corrected chi connectivity index (χ2v) is 8.70. The SMILES string of the molecule is CCN(CC)C(=O)COC1CN(C(=O)Cc2cccc(F)c2)CC(=O)N(Cc2ccc(OC)cc2)C1. The van der Waals surface area contributed by atoms with Gasteiger partial charge >= 0.3 is 0 Å². The van der Waals surface area contributed by atoms with Gasteiger partial charge in [0.15, 0.2) is 0 Å². The first-order chi connectivity index (χ1) is 17.3. The van der Waals surface area contributed by atoms with Crippen molar-refractivity contribution in [2.24, 2.45) is 0 Å². The number of hydrogen-bond donors (Lipinski definition) is 0.